The number of rotatable bonds is 8. The standard InChI is InChI=1S/C10H17F2NO/c1-2-3-4-5-9(13)6-7-14-8-10(11)12/h1,9-10H,3-8,13H2. The van der Waals surface area contributed by atoms with Crippen molar-refractivity contribution in [1.82, 2.24) is 0 Å². The summed E-state index contributed by atoms with van der Waals surface area (Å²) in [5.74, 6) is 2.52. The molecule has 0 aromatic carbocycles. The van der Waals surface area contributed by atoms with Gasteiger partial charge >= 0.3 is 0 Å². The van der Waals surface area contributed by atoms with Gasteiger partial charge in [-0.3, -0.25) is 0 Å². The third-order valence-electron chi connectivity index (χ3n) is 1.77. The van der Waals surface area contributed by atoms with E-state index in [1.54, 1.807) is 0 Å². The van der Waals surface area contributed by atoms with Crippen molar-refractivity contribution in [2.75, 3.05) is 13.2 Å². The van der Waals surface area contributed by atoms with Gasteiger partial charge in [0.05, 0.1) is 0 Å². The number of halogens is 2. The van der Waals surface area contributed by atoms with Crippen molar-refractivity contribution in [2.45, 2.75) is 38.2 Å². The normalized spacial score (nSPS) is 12.8. The number of alkyl halides is 2. The molecule has 0 heterocycles. The van der Waals surface area contributed by atoms with Crippen LogP contribution < -0.4 is 5.73 Å². The third kappa shape index (κ3) is 9.43. The highest BCUT2D eigenvalue weighted by Gasteiger charge is 2.04. The maximum Gasteiger partial charge on any atom is 0.261 e. The van der Waals surface area contributed by atoms with Crippen LogP contribution in [-0.2, 0) is 4.74 Å². The minimum absolute atomic E-state index is 0.000947. The van der Waals surface area contributed by atoms with Crippen LogP contribution in [0.3, 0.4) is 0 Å². The summed E-state index contributed by atoms with van der Waals surface area (Å²) in [4.78, 5) is 0. The summed E-state index contributed by atoms with van der Waals surface area (Å²) >= 11 is 0. The predicted octanol–water partition coefficient (Wildman–Crippen LogP) is 1.79. The second kappa shape index (κ2) is 8.92. The molecule has 0 aliphatic heterocycles. The SMILES string of the molecule is C#CCCCC(N)CCOCC(F)F. The van der Waals surface area contributed by atoms with Crippen molar-refractivity contribution in [1.29, 1.82) is 0 Å². The summed E-state index contributed by atoms with van der Waals surface area (Å²) in [5.41, 5.74) is 5.70. The van der Waals surface area contributed by atoms with Crippen molar-refractivity contribution < 1.29 is 13.5 Å². The van der Waals surface area contributed by atoms with Gasteiger partial charge in [-0.25, -0.2) is 8.78 Å². The van der Waals surface area contributed by atoms with Gasteiger partial charge in [-0.1, -0.05) is 0 Å². The van der Waals surface area contributed by atoms with Gasteiger partial charge in [0.1, 0.15) is 6.61 Å². The quantitative estimate of drug-likeness (QED) is 0.484. The van der Waals surface area contributed by atoms with Crippen molar-refractivity contribution in [2.24, 2.45) is 5.73 Å². The number of hydrogen-bond acceptors (Lipinski definition) is 2. The van der Waals surface area contributed by atoms with Gasteiger partial charge in [0.25, 0.3) is 6.43 Å². The van der Waals surface area contributed by atoms with Crippen molar-refractivity contribution >= 4 is 0 Å². The summed E-state index contributed by atoms with van der Waals surface area (Å²) in [6.45, 7) is -0.210. The highest BCUT2D eigenvalue weighted by molar-refractivity contribution is 4.83. The molecule has 14 heavy (non-hydrogen) atoms. The first-order chi connectivity index (χ1) is 6.66. The fraction of sp³-hybridized carbons (Fsp3) is 0.800. The van der Waals surface area contributed by atoms with Crippen molar-refractivity contribution in [3.63, 3.8) is 0 Å². The van der Waals surface area contributed by atoms with Crippen LogP contribution in [0.25, 0.3) is 0 Å². The second-order valence-electron chi connectivity index (χ2n) is 3.11. The smallest absolute Gasteiger partial charge is 0.261 e. The lowest BCUT2D eigenvalue weighted by Crippen LogP contribution is -2.22. The van der Waals surface area contributed by atoms with Crippen LogP contribution in [0, 0.1) is 12.3 Å². The van der Waals surface area contributed by atoms with Gasteiger partial charge in [0.15, 0.2) is 0 Å². The van der Waals surface area contributed by atoms with Gasteiger partial charge in [-0.05, 0) is 19.3 Å². The van der Waals surface area contributed by atoms with E-state index in [1.807, 2.05) is 0 Å². The van der Waals surface area contributed by atoms with E-state index >= 15 is 0 Å². The van der Waals surface area contributed by atoms with E-state index in [1.165, 1.54) is 0 Å². The molecule has 0 saturated carbocycles. The maximum absolute atomic E-state index is 11.6. The van der Waals surface area contributed by atoms with Gasteiger partial charge < -0.3 is 10.5 Å². The van der Waals surface area contributed by atoms with E-state index in [4.69, 9.17) is 16.9 Å². The fourth-order valence-electron chi connectivity index (χ4n) is 1.02. The van der Waals surface area contributed by atoms with Gasteiger partial charge in [-0.15, -0.1) is 12.3 Å². The fourth-order valence-corrected chi connectivity index (χ4v) is 1.02. The molecule has 0 spiro atoms. The van der Waals surface area contributed by atoms with E-state index in [-0.39, 0.29) is 6.04 Å². The first-order valence-electron chi connectivity index (χ1n) is 4.71. The molecule has 82 valence electrons. The maximum atomic E-state index is 11.6. The van der Waals surface area contributed by atoms with E-state index in [9.17, 15) is 8.78 Å². The Balaban J connectivity index is 3.19. The van der Waals surface area contributed by atoms with E-state index < -0.39 is 13.0 Å². The Morgan fingerprint density at radius 2 is 2.07 bits per heavy atom. The van der Waals surface area contributed by atoms with Crippen LogP contribution in [0.5, 0.6) is 0 Å². The Kier molecular flexibility index (Phi) is 8.50. The number of terminal acetylenes is 1. The van der Waals surface area contributed by atoms with Crippen LogP contribution in [0.4, 0.5) is 8.78 Å². The Morgan fingerprint density at radius 3 is 2.64 bits per heavy atom. The molecule has 0 fully saturated rings. The van der Waals surface area contributed by atoms with Crippen molar-refractivity contribution in [3.8, 4) is 12.3 Å². The first kappa shape index (κ1) is 13.3. The molecule has 2 nitrogen and oxygen atoms in total. The Labute approximate surface area is 83.8 Å². The van der Waals surface area contributed by atoms with E-state index in [2.05, 4.69) is 5.92 Å². The highest BCUT2D eigenvalue weighted by atomic mass is 19.3. The van der Waals surface area contributed by atoms with Gasteiger partial charge in [-0.2, -0.15) is 0 Å². The van der Waals surface area contributed by atoms with Crippen molar-refractivity contribution in [3.05, 3.63) is 0 Å². The monoisotopic (exact) mass is 205 g/mol. The van der Waals surface area contributed by atoms with Gasteiger partial charge in [0, 0.05) is 19.1 Å². The van der Waals surface area contributed by atoms with Crippen LogP contribution in [0.15, 0.2) is 0 Å². The lowest BCUT2D eigenvalue weighted by molar-refractivity contribution is 0.0151. The number of hydrogen-bond donors (Lipinski definition) is 1. The van der Waals surface area contributed by atoms with Crippen LogP contribution in [0.2, 0.25) is 0 Å². The van der Waals surface area contributed by atoms with Crippen LogP contribution in [0.1, 0.15) is 25.7 Å². The average molecular weight is 205 g/mol. The minimum atomic E-state index is -2.40. The molecule has 0 radical (unpaired) electrons. The molecular formula is C10H17F2NO. The summed E-state index contributed by atoms with van der Waals surface area (Å²) in [5, 5.41) is 0. The Morgan fingerprint density at radius 1 is 1.36 bits per heavy atom. The summed E-state index contributed by atoms with van der Waals surface area (Å²) < 4.78 is 28.0. The molecule has 4 heteroatoms. The summed E-state index contributed by atoms with van der Waals surface area (Å²) in [6, 6.07) is 0.000947. The summed E-state index contributed by atoms with van der Waals surface area (Å²) in [7, 11) is 0. The number of ether oxygens (including phenoxy) is 1. The van der Waals surface area contributed by atoms with E-state index in [0.717, 1.165) is 12.8 Å². The average Bonchev–Trinajstić information content (AvgIpc) is 2.13. The lowest BCUT2D eigenvalue weighted by atomic mass is 10.1. The second-order valence-corrected chi connectivity index (χ2v) is 3.11. The molecule has 2 N–H and O–H groups in total. The molecule has 0 rings (SSSR count). The minimum Gasteiger partial charge on any atom is -0.375 e. The van der Waals surface area contributed by atoms with Gasteiger partial charge in [0.2, 0.25) is 0 Å². The Bertz CT molecular complexity index is 168. The molecule has 0 aromatic heterocycles. The van der Waals surface area contributed by atoms with E-state index in [0.29, 0.717) is 19.4 Å². The lowest BCUT2D eigenvalue weighted by Gasteiger charge is -2.10. The molecule has 1 atom stereocenters. The highest BCUT2D eigenvalue weighted by Crippen LogP contribution is 2.02. The topological polar surface area (TPSA) is 35.2 Å². The largest absolute Gasteiger partial charge is 0.375 e. The molecule has 0 saturated heterocycles. The molecule has 1 unspecified atom stereocenters. The molecule has 0 aliphatic rings. The molecular weight excluding hydrogens is 188 g/mol. The summed E-state index contributed by atoms with van der Waals surface area (Å²) in [6.07, 6.45) is 5.70. The molecule has 0 aliphatic carbocycles. The van der Waals surface area contributed by atoms with Crippen LogP contribution in [-0.4, -0.2) is 25.7 Å². The zero-order chi connectivity index (χ0) is 10.8. The molecule has 0 amide bonds. The first-order valence-corrected chi connectivity index (χ1v) is 4.71. The zero-order valence-electron chi connectivity index (χ0n) is 8.22. The molecule has 0 bridgehead atoms. The van der Waals surface area contributed by atoms with Crippen LogP contribution >= 0.6 is 0 Å². The Hall–Kier alpha value is -0.660. The predicted molar refractivity (Wildman–Crippen MR) is 52.1 cm³/mol. The number of nitrogens with two attached hydrogens (primary N) is 1. The zero-order valence-corrected chi connectivity index (χ0v) is 8.22. The number of unbranched alkanes of at least 4 members (excludes halogenated alkanes) is 1. The molecule has 0 aromatic rings. The third-order valence-corrected chi connectivity index (χ3v) is 1.77.